The standard InChI is InChI=1S/C40H35N3O5S/c1-47-32-22-21-30(37(25-32)48-2)23-34(42-39(45)29-13-4-3-5-14-29)40(46)41-31-15-10-16-33(24-31)49-26-38(44)43-35-17-8-6-11-27(35)19-20-28-12-7-9-18-36(28)43/h3-18,21-25H,19-20,26H2,1-2H3,(H,41,46)(H,42,45)/b34-23-. The molecule has 0 saturated heterocycles. The number of benzene rings is 5. The highest BCUT2D eigenvalue weighted by Crippen LogP contribution is 2.37. The maximum atomic E-state index is 13.9. The molecule has 0 bridgehead atoms. The molecule has 1 aliphatic heterocycles. The second kappa shape index (κ2) is 15.4. The first-order valence-corrected chi connectivity index (χ1v) is 16.7. The fraction of sp³-hybridized carbons (Fsp3) is 0.125. The number of hydrogen-bond donors (Lipinski definition) is 2. The molecule has 0 aromatic heterocycles. The van der Waals surface area contributed by atoms with Gasteiger partial charge in [-0.3, -0.25) is 19.3 Å². The summed E-state index contributed by atoms with van der Waals surface area (Å²) in [5.74, 6) is 0.243. The smallest absolute Gasteiger partial charge is 0.272 e. The summed E-state index contributed by atoms with van der Waals surface area (Å²) in [5.41, 5.74) is 5.59. The van der Waals surface area contributed by atoms with Crippen LogP contribution in [0.4, 0.5) is 17.1 Å². The Bertz CT molecular complexity index is 1980. The number of aryl methyl sites for hydroxylation is 2. The lowest BCUT2D eigenvalue weighted by Gasteiger charge is -2.25. The summed E-state index contributed by atoms with van der Waals surface area (Å²) in [4.78, 5) is 43.4. The highest BCUT2D eigenvalue weighted by atomic mass is 32.2. The lowest BCUT2D eigenvalue weighted by molar-refractivity contribution is -0.115. The number of thioether (sulfide) groups is 1. The van der Waals surface area contributed by atoms with Crippen LogP contribution in [0.3, 0.4) is 0 Å². The third-order valence-electron chi connectivity index (χ3n) is 8.10. The van der Waals surface area contributed by atoms with Crippen LogP contribution in [0.25, 0.3) is 6.08 Å². The fourth-order valence-electron chi connectivity index (χ4n) is 5.66. The van der Waals surface area contributed by atoms with E-state index in [-0.39, 0.29) is 17.4 Å². The molecule has 5 aromatic rings. The Morgan fingerprint density at radius 2 is 1.43 bits per heavy atom. The first-order chi connectivity index (χ1) is 23.9. The van der Waals surface area contributed by atoms with Crippen LogP contribution in [0, 0.1) is 0 Å². The van der Waals surface area contributed by atoms with Crippen LogP contribution in [-0.2, 0) is 22.4 Å². The number of carbonyl (C=O) groups is 3. The number of methoxy groups -OCH3 is 2. The molecular formula is C40H35N3O5S. The number of nitrogens with one attached hydrogen (secondary N) is 2. The maximum Gasteiger partial charge on any atom is 0.272 e. The molecule has 0 saturated carbocycles. The summed E-state index contributed by atoms with van der Waals surface area (Å²) in [6.07, 6.45) is 3.28. The highest BCUT2D eigenvalue weighted by Gasteiger charge is 2.25. The number of carbonyl (C=O) groups excluding carboxylic acids is 3. The van der Waals surface area contributed by atoms with Crippen molar-refractivity contribution in [3.63, 3.8) is 0 Å². The Balaban J connectivity index is 1.21. The Hall–Kier alpha value is -5.80. The molecule has 1 heterocycles. The van der Waals surface area contributed by atoms with Gasteiger partial charge in [0.1, 0.15) is 17.2 Å². The van der Waals surface area contributed by atoms with Gasteiger partial charge in [0.05, 0.1) is 31.3 Å². The normalized spacial score (nSPS) is 12.2. The lowest BCUT2D eigenvalue weighted by atomic mass is 10.0. The SMILES string of the molecule is COc1ccc(/C=C(\NC(=O)c2ccccc2)C(=O)Nc2cccc(SCC(=O)N3c4ccccc4CCc4ccccc43)c2)c(OC)c1. The maximum absolute atomic E-state index is 13.9. The second-order valence-electron chi connectivity index (χ2n) is 11.2. The Labute approximate surface area is 289 Å². The molecule has 2 N–H and O–H groups in total. The number of anilines is 3. The average molecular weight is 670 g/mol. The van der Waals surface area contributed by atoms with Crippen LogP contribution in [-0.4, -0.2) is 37.7 Å². The van der Waals surface area contributed by atoms with Crippen LogP contribution in [0.5, 0.6) is 11.5 Å². The summed E-state index contributed by atoms with van der Waals surface area (Å²) in [6.45, 7) is 0. The largest absolute Gasteiger partial charge is 0.497 e. The van der Waals surface area contributed by atoms with E-state index in [2.05, 4.69) is 22.8 Å². The molecule has 0 radical (unpaired) electrons. The van der Waals surface area contributed by atoms with E-state index in [0.717, 1.165) is 40.2 Å². The van der Waals surface area contributed by atoms with Gasteiger partial charge in [-0.25, -0.2) is 0 Å². The van der Waals surface area contributed by atoms with Gasteiger partial charge in [0.2, 0.25) is 5.91 Å². The van der Waals surface area contributed by atoms with E-state index in [4.69, 9.17) is 9.47 Å². The highest BCUT2D eigenvalue weighted by molar-refractivity contribution is 8.00. The summed E-state index contributed by atoms with van der Waals surface area (Å²) >= 11 is 1.39. The van der Waals surface area contributed by atoms with Gasteiger partial charge in [-0.1, -0.05) is 60.7 Å². The van der Waals surface area contributed by atoms with Gasteiger partial charge >= 0.3 is 0 Å². The molecule has 3 amide bonds. The molecule has 246 valence electrons. The molecule has 0 atom stereocenters. The van der Waals surface area contributed by atoms with Gasteiger partial charge in [0.25, 0.3) is 11.8 Å². The number of ether oxygens (including phenoxy) is 2. The van der Waals surface area contributed by atoms with Gasteiger partial charge < -0.3 is 20.1 Å². The zero-order chi connectivity index (χ0) is 34.2. The third-order valence-corrected chi connectivity index (χ3v) is 9.08. The molecule has 9 heteroatoms. The monoisotopic (exact) mass is 669 g/mol. The van der Waals surface area contributed by atoms with E-state index in [1.807, 2.05) is 65.6 Å². The van der Waals surface area contributed by atoms with E-state index in [0.29, 0.717) is 28.3 Å². The van der Waals surface area contributed by atoms with Crippen molar-refractivity contribution in [1.82, 2.24) is 5.32 Å². The molecule has 0 unspecified atom stereocenters. The van der Waals surface area contributed by atoms with Gasteiger partial charge in [-0.2, -0.15) is 0 Å². The molecule has 6 rings (SSSR count). The van der Waals surface area contributed by atoms with Crippen molar-refractivity contribution in [3.8, 4) is 11.5 Å². The van der Waals surface area contributed by atoms with E-state index in [9.17, 15) is 14.4 Å². The van der Waals surface area contributed by atoms with Gasteiger partial charge in [0, 0.05) is 27.8 Å². The van der Waals surface area contributed by atoms with Crippen molar-refractivity contribution >= 4 is 52.6 Å². The number of fused-ring (bicyclic) bond motifs is 2. The number of hydrogen-bond acceptors (Lipinski definition) is 6. The molecule has 8 nitrogen and oxygen atoms in total. The first-order valence-electron chi connectivity index (χ1n) is 15.8. The first kappa shape index (κ1) is 33.1. The van der Waals surface area contributed by atoms with Crippen LogP contribution < -0.4 is 25.0 Å². The molecule has 0 spiro atoms. The number of rotatable bonds is 10. The Morgan fingerprint density at radius 3 is 2.10 bits per heavy atom. The quantitative estimate of drug-likeness (QED) is 0.117. The minimum atomic E-state index is -0.529. The average Bonchev–Trinajstić information content (AvgIpc) is 3.31. The Morgan fingerprint density at radius 1 is 0.755 bits per heavy atom. The van der Waals surface area contributed by atoms with Crippen molar-refractivity contribution in [1.29, 1.82) is 0 Å². The molecule has 5 aromatic carbocycles. The minimum Gasteiger partial charge on any atom is -0.497 e. The zero-order valence-corrected chi connectivity index (χ0v) is 28.0. The molecule has 0 fully saturated rings. The molecule has 1 aliphatic rings. The minimum absolute atomic E-state index is 0.0176. The zero-order valence-electron chi connectivity index (χ0n) is 27.1. The summed E-state index contributed by atoms with van der Waals surface area (Å²) < 4.78 is 10.8. The van der Waals surface area contributed by atoms with Gasteiger partial charge in [-0.15, -0.1) is 11.8 Å². The van der Waals surface area contributed by atoms with E-state index < -0.39 is 11.8 Å². The third kappa shape index (κ3) is 7.85. The van der Waals surface area contributed by atoms with Crippen molar-refractivity contribution in [2.24, 2.45) is 0 Å². The van der Waals surface area contributed by atoms with Crippen LogP contribution in [0.15, 0.2) is 132 Å². The molecular weight excluding hydrogens is 635 g/mol. The molecule has 0 aliphatic carbocycles. The van der Waals surface area contributed by atoms with E-state index in [1.165, 1.54) is 18.9 Å². The summed E-state index contributed by atoms with van der Waals surface area (Å²) in [7, 11) is 3.07. The predicted molar refractivity (Wildman–Crippen MR) is 195 cm³/mol. The number of amides is 3. The molecule has 49 heavy (non-hydrogen) atoms. The van der Waals surface area contributed by atoms with Crippen LogP contribution in [0.1, 0.15) is 27.0 Å². The Kier molecular flexibility index (Phi) is 10.4. The van der Waals surface area contributed by atoms with Crippen molar-refractivity contribution in [3.05, 3.63) is 149 Å². The fourth-order valence-corrected chi connectivity index (χ4v) is 6.46. The van der Waals surface area contributed by atoms with Crippen LogP contribution >= 0.6 is 11.8 Å². The van der Waals surface area contributed by atoms with E-state index >= 15 is 0 Å². The summed E-state index contributed by atoms with van der Waals surface area (Å²) in [6, 6.07) is 37.2. The lowest BCUT2D eigenvalue weighted by Crippen LogP contribution is -2.30. The van der Waals surface area contributed by atoms with Crippen molar-refractivity contribution in [2.75, 3.05) is 30.2 Å². The number of nitrogens with zero attached hydrogens (tertiary/aromatic N) is 1. The van der Waals surface area contributed by atoms with Crippen LogP contribution in [0.2, 0.25) is 0 Å². The van der Waals surface area contributed by atoms with Gasteiger partial charge in [0.15, 0.2) is 0 Å². The number of para-hydroxylation sites is 2. The van der Waals surface area contributed by atoms with Gasteiger partial charge in [-0.05, 0) is 84.6 Å². The topological polar surface area (TPSA) is 97.0 Å². The van der Waals surface area contributed by atoms with Crippen molar-refractivity contribution < 1.29 is 23.9 Å². The summed E-state index contributed by atoms with van der Waals surface area (Å²) in [5, 5.41) is 5.67. The van der Waals surface area contributed by atoms with Crippen molar-refractivity contribution in [2.45, 2.75) is 17.7 Å². The second-order valence-corrected chi connectivity index (χ2v) is 12.3. The van der Waals surface area contributed by atoms with E-state index in [1.54, 1.807) is 61.7 Å². The predicted octanol–water partition coefficient (Wildman–Crippen LogP) is 7.67.